The van der Waals surface area contributed by atoms with Gasteiger partial charge >= 0.3 is 0 Å². The Hall–Kier alpha value is -2.38. The zero-order valence-electron chi connectivity index (χ0n) is 12.9. The highest BCUT2D eigenvalue weighted by molar-refractivity contribution is 7.89. The molecule has 0 bridgehead atoms. The number of sulfonamides is 1. The van der Waals surface area contributed by atoms with Crippen molar-refractivity contribution in [3.05, 3.63) is 59.7 Å². The van der Waals surface area contributed by atoms with Crippen LogP contribution in [0, 0.1) is 0 Å². The summed E-state index contributed by atoms with van der Waals surface area (Å²) < 4.78 is 28.3. The number of hydrogen-bond donors (Lipinski definition) is 2. The number of amides is 1. The van der Waals surface area contributed by atoms with Gasteiger partial charge in [-0.25, -0.2) is 13.6 Å². The summed E-state index contributed by atoms with van der Waals surface area (Å²) in [4.78, 5) is 12.5. The minimum Gasteiger partial charge on any atom is -0.493 e. The van der Waals surface area contributed by atoms with Crippen LogP contribution in [0.5, 0.6) is 5.75 Å². The first kappa shape index (κ1) is 16.5. The summed E-state index contributed by atoms with van der Waals surface area (Å²) >= 11 is 0. The predicted molar refractivity (Wildman–Crippen MR) is 89.0 cm³/mol. The number of ether oxygens (including phenoxy) is 1. The average molecular weight is 346 g/mol. The maximum absolute atomic E-state index is 12.5. The van der Waals surface area contributed by atoms with Crippen molar-refractivity contribution < 1.29 is 17.9 Å². The van der Waals surface area contributed by atoms with Crippen LogP contribution in [0.2, 0.25) is 0 Å². The molecule has 126 valence electrons. The molecule has 1 heterocycles. The van der Waals surface area contributed by atoms with Gasteiger partial charge in [-0.15, -0.1) is 0 Å². The van der Waals surface area contributed by atoms with Crippen LogP contribution in [0.15, 0.2) is 53.4 Å². The monoisotopic (exact) mass is 346 g/mol. The van der Waals surface area contributed by atoms with E-state index in [0.29, 0.717) is 18.6 Å². The first-order chi connectivity index (χ1) is 11.4. The molecule has 0 spiro atoms. The first-order valence-electron chi connectivity index (χ1n) is 7.56. The van der Waals surface area contributed by atoms with Gasteiger partial charge in [-0.2, -0.15) is 0 Å². The molecule has 0 saturated carbocycles. The quantitative estimate of drug-likeness (QED) is 0.877. The van der Waals surface area contributed by atoms with Gasteiger partial charge < -0.3 is 10.1 Å². The normalized spacial score (nSPS) is 16.8. The van der Waals surface area contributed by atoms with Crippen LogP contribution in [0.1, 0.15) is 23.5 Å². The lowest BCUT2D eigenvalue weighted by atomic mass is 9.92. The Morgan fingerprint density at radius 2 is 2.00 bits per heavy atom. The Morgan fingerprint density at radius 3 is 2.79 bits per heavy atom. The number of nitrogens with two attached hydrogens (primary N) is 1. The Labute approximate surface area is 140 Å². The maximum atomic E-state index is 12.5. The van der Waals surface area contributed by atoms with E-state index in [1.807, 2.05) is 24.3 Å². The first-order valence-corrected chi connectivity index (χ1v) is 9.11. The van der Waals surface area contributed by atoms with Crippen molar-refractivity contribution in [3.63, 3.8) is 0 Å². The molecule has 0 fully saturated rings. The molecule has 1 unspecified atom stereocenters. The molecule has 1 amide bonds. The Balaban J connectivity index is 1.71. The van der Waals surface area contributed by atoms with Crippen molar-refractivity contribution in [3.8, 4) is 5.75 Å². The van der Waals surface area contributed by atoms with E-state index in [9.17, 15) is 13.2 Å². The standard InChI is InChI=1S/C17H18N2O4S/c18-24(21,22)13-5-3-4-12(10-13)11-19-17(20)15-8-9-23-16-7-2-1-6-14(15)16/h1-7,10,15H,8-9,11H2,(H,19,20)(H2,18,21,22). The largest absolute Gasteiger partial charge is 0.493 e. The molecule has 7 heteroatoms. The van der Waals surface area contributed by atoms with Gasteiger partial charge in [0.25, 0.3) is 0 Å². The summed E-state index contributed by atoms with van der Waals surface area (Å²) in [5.74, 6) is 0.364. The lowest BCUT2D eigenvalue weighted by Crippen LogP contribution is -2.32. The van der Waals surface area contributed by atoms with Crippen LogP contribution in [-0.2, 0) is 21.4 Å². The number of rotatable bonds is 4. The molecule has 1 aliphatic heterocycles. The fraction of sp³-hybridized carbons (Fsp3) is 0.235. The molecule has 2 aromatic rings. The molecular formula is C17H18N2O4S. The molecule has 1 aliphatic rings. The van der Waals surface area contributed by atoms with E-state index < -0.39 is 10.0 Å². The Morgan fingerprint density at radius 1 is 1.21 bits per heavy atom. The lowest BCUT2D eigenvalue weighted by molar-refractivity contribution is -0.123. The van der Waals surface area contributed by atoms with Gasteiger partial charge in [-0.3, -0.25) is 4.79 Å². The average Bonchev–Trinajstić information content (AvgIpc) is 2.58. The van der Waals surface area contributed by atoms with Crippen LogP contribution >= 0.6 is 0 Å². The van der Waals surface area contributed by atoms with Gasteiger partial charge in [0.1, 0.15) is 5.75 Å². The fourth-order valence-electron chi connectivity index (χ4n) is 2.76. The number of hydrogen-bond acceptors (Lipinski definition) is 4. The molecular weight excluding hydrogens is 328 g/mol. The summed E-state index contributed by atoms with van der Waals surface area (Å²) in [5, 5.41) is 7.98. The van der Waals surface area contributed by atoms with Gasteiger partial charge in [0.2, 0.25) is 15.9 Å². The summed E-state index contributed by atoms with van der Waals surface area (Å²) in [6, 6.07) is 13.7. The molecule has 2 aromatic carbocycles. The highest BCUT2D eigenvalue weighted by atomic mass is 32.2. The predicted octanol–water partition coefficient (Wildman–Crippen LogP) is 1.52. The molecule has 0 saturated heterocycles. The minimum atomic E-state index is -3.75. The van der Waals surface area contributed by atoms with Crippen molar-refractivity contribution in [2.24, 2.45) is 5.14 Å². The summed E-state index contributed by atoms with van der Waals surface area (Å²) in [5.41, 5.74) is 1.55. The third kappa shape index (κ3) is 3.58. The van der Waals surface area contributed by atoms with E-state index in [4.69, 9.17) is 9.88 Å². The topological polar surface area (TPSA) is 98.5 Å². The second-order valence-corrected chi connectivity index (χ2v) is 7.20. The lowest BCUT2D eigenvalue weighted by Gasteiger charge is -2.25. The molecule has 0 aromatic heterocycles. The zero-order valence-corrected chi connectivity index (χ0v) is 13.8. The Bertz CT molecular complexity index is 864. The smallest absolute Gasteiger partial charge is 0.238 e. The minimum absolute atomic E-state index is 0.0330. The fourth-order valence-corrected chi connectivity index (χ4v) is 3.34. The number of para-hydroxylation sites is 1. The highest BCUT2D eigenvalue weighted by Crippen LogP contribution is 2.33. The third-order valence-electron chi connectivity index (χ3n) is 3.97. The second kappa shape index (κ2) is 6.62. The van der Waals surface area contributed by atoms with Gasteiger partial charge in [0, 0.05) is 12.1 Å². The van der Waals surface area contributed by atoms with Crippen LogP contribution in [0.3, 0.4) is 0 Å². The molecule has 0 radical (unpaired) electrons. The van der Waals surface area contributed by atoms with Crippen molar-refractivity contribution in [2.45, 2.75) is 23.8 Å². The number of carbonyl (C=O) groups excluding carboxylic acids is 1. The van der Waals surface area contributed by atoms with Crippen molar-refractivity contribution in [1.82, 2.24) is 5.32 Å². The van der Waals surface area contributed by atoms with Gasteiger partial charge in [-0.05, 0) is 30.2 Å². The Kier molecular flexibility index (Phi) is 4.55. The maximum Gasteiger partial charge on any atom is 0.238 e. The molecule has 3 N–H and O–H groups in total. The summed E-state index contributed by atoms with van der Waals surface area (Å²) in [6.07, 6.45) is 0.611. The summed E-state index contributed by atoms with van der Waals surface area (Å²) in [6.45, 7) is 0.734. The molecule has 0 aliphatic carbocycles. The number of carbonyl (C=O) groups is 1. The van der Waals surface area contributed by atoms with E-state index >= 15 is 0 Å². The summed E-state index contributed by atoms with van der Waals surface area (Å²) in [7, 11) is -3.75. The number of nitrogens with one attached hydrogen (secondary N) is 1. The van der Waals surface area contributed by atoms with Crippen molar-refractivity contribution in [1.29, 1.82) is 0 Å². The SMILES string of the molecule is NS(=O)(=O)c1cccc(CNC(=O)C2CCOc3ccccc32)c1. The number of primary sulfonamides is 1. The third-order valence-corrected chi connectivity index (χ3v) is 4.88. The van der Waals surface area contributed by atoms with Crippen molar-refractivity contribution in [2.75, 3.05) is 6.61 Å². The highest BCUT2D eigenvalue weighted by Gasteiger charge is 2.27. The molecule has 1 atom stereocenters. The molecule has 24 heavy (non-hydrogen) atoms. The molecule has 6 nitrogen and oxygen atoms in total. The zero-order chi connectivity index (χ0) is 17.2. The van der Waals surface area contributed by atoms with Crippen LogP contribution in [0.25, 0.3) is 0 Å². The van der Waals surface area contributed by atoms with Crippen LogP contribution < -0.4 is 15.2 Å². The number of fused-ring (bicyclic) bond motifs is 1. The van der Waals surface area contributed by atoms with E-state index in [2.05, 4.69) is 5.32 Å². The van der Waals surface area contributed by atoms with Crippen LogP contribution in [0.4, 0.5) is 0 Å². The van der Waals surface area contributed by atoms with E-state index in [0.717, 1.165) is 11.3 Å². The van der Waals surface area contributed by atoms with Crippen LogP contribution in [-0.4, -0.2) is 20.9 Å². The molecule has 3 rings (SSSR count). The van der Waals surface area contributed by atoms with Gasteiger partial charge in [0.15, 0.2) is 0 Å². The second-order valence-electron chi connectivity index (χ2n) is 5.64. The number of benzene rings is 2. The van der Waals surface area contributed by atoms with Gasteiger partial charge in [-0.1, -0.05) is 30.3 Å². The van der Waals surface area contributed by atoms with E-state index in [-0.39, 0.29) is 23.3 Å². The van der Waals surface area contributed by atoms with Crippen molar-refractivity contribution >= 4 is 15.9 Å². The van der Waals surface area contributed by atoms with E-state index in [1.54, 1.807) is 12.1 Å². The van der Waals surface area contributed by atoms with E-state index in [1.165, 1.54) is 12.1 Å². The van der Waals surface area contributed by atoms with Gasteiger partial charge in [0.05, 0.1) is 17.4 Å².